The molecule has 2 aromatic carbocycles. The average Bonchev–Trinajstić information content (AvgIpc) is 3.21. The van der Waals surface area contributed by atoms with Gasteiger partial charge < -0.3 is 18.6 Å². The number of hydrogen-bond acceptors (Lipinski definition) is 6. The summed E-state index contributed by atoms with van der Waals surface area (Å²) >= 11 is 3.55. The Labute approximate surface area is 235 Å². The fraction of sp³-hybridized carbons (Fsp3) is 0.414. The van der Waals surface area contributed by atoms with Gasteiger partial charge in [0, 0.05) is 27.5 Å². The summed E-state index contributed by atoms with van der Waals surface area (Å²) in [6.45, 7) is 16.5. The first-order valence-corrected chi connectivity index (χ1v) is 13.8. The molecule has 38 heavy (non-hydrogen) atoms. The number of halogens is 1. The van der Waals surface area contributed by atoms with Gasteiger partial charge in [0.05, 0.1) is 22.4 Å². The van der Waals surface area contributed by atoms with Gasteiger partial charge in [-0.15, -0.1) is 0 Å². The van der Waals surface area contributed by atoms with E-state index >= 15 is 0 Å². The van der Waals surface area contributed by atoms with E-state index in [0.717, 1.165) is 32.6 Å². The van der Waals surface area contributed by atoms with Gasteiger partial charge in [-0.1, -0.05) is 34.1 Å². The Morgan fingerprint density at radius 3 is 1.39 bits per heavy atom. The number of hydrogen-bond donors (Lipinski definition) is 0. The van der Waals surface area contributed by atoms with E-state index in [-0.39, 0.29) is 11.2 Å². The van der Waals surface area contributed by atoms with Crippen molar-refractivity contribution in [1.82, 2.24) is 4.98 Å². The maximum Gasteiger partial charge on any atom is 0.496 e. The molecule has 0 radical (unpaired) electrons. The smallest absolute Gasteiger partial charge is 0.399 e. The van der Waals surface area contributed by atoms with Crippen LogP contribution in [0.1, 0.15) is 55.4 Å². The normalized spacial score (nSPS) is 21.1. The lowest BCUT2D eigenvalue weighted by Gasteiger charge is -2.32. The van der Waals surface area contributed by atoms with E-state index in [1.54, 1.807) is 0 Å². The van der Waals surface area contributed by atoms with Crippen LogP contribution >= 0.6 is 15.9 Å². The van der Waals surface area contributed by atoms with Gasteiger partial charge in [-0.05, 0) is 103 Å². The molecule has 5 rings (SSSR count). The lowest BCUT2D eigenvalue weighted by atomic mass is 9.79. The molecule has 0 atom stereocenters. The third-order valence-corrected chi connectivity index (χ3v) is 8.82. The predicted octanol–water partition coefficient (Wildman–Crippen LogP) is 5.91. The van der Waals surface area contributed by atoms with Crippen LogP contribution in [0.25, 0.3) is 0 Å². The summed E-state index contributed by atoms with van der Waals surface area (Å²) < 4.78 is 25.9. The van der Waals surface area contributed by atoms with Crippen LogP contribution in [-0.2, 0) is 18.6 Å². The third-order valence-electron chi connectivity index (χ3n) is 8.29. The molecule has 0 unspecified atom stereocenters. The number of rotatable bonds is 5. The second-order valence-electron chi connectivity index (χ2n) is 12.0. The van der Waals surface area contributed by atoms with E-state index in [9.17, 15) is 0 Å². The van der Waals surface area contributed by atoms with Crippen LogP contribution in [0, 0.1) is 0 Å². The van der Waals surface area contributed by atoms with E-state index in [1.165, 1.54) is 0 Å². The molecule has 0 N–H and O–H groups in total. The third kappa shape index (κ3) is 4.95. The monoisotopic (exact) mass is 576 g/mol. The van der Waals surface area contributed by atoms with Crippen molar-refractivity contribution in [3.05, 3.63) is 71.3 Å². The summed E-state index contributed by atoms with van der Waals surface area (Å²) in [6.07, 6.45) is 1.84. The molecule has 6 nitrogen and oxygen atoms in total. The summed E-state index contributed by atoms with van der Waals surface area (Å²) in [5.41, 5.74) is 2.25. The van der Waals surface area contributed by atoms with Crippen LogP contribution in [0.4, 0.5) is 17.2 Å². The van der Waals surface area contributed by atoms with Crippen molar-refractivity contribution >= 4 is 58.3 Å². The molecule has 2 aliphatic rings. The Morgan fingerprint density at radius 2 is 0.974 bits per heavy atom. The average molecular weight is 577 g/mol. The van der Waals surface area contributed by atoms with Crippen molar-refractivity contribution < 1.29 is 18.6 Å². The molecule has 2 aliphatic heterocycles. The number of nitrogens with zero attached hydrogens (tertiary/aromatic N) is 2. The predicted molar refractivity (Wildman–Crippen MR) is 158 cm³/mol. The second kappa shape index (κ2) is 9.49. The van der Waals surface area contributed by atoms with Crippen LogP contribution in [0.2, 0.25) is 0 Å². The van der Waals surface area contributed by atoms with Crippen molar-refractivity contribution in [2.75, 3.05) is 4.90 Å². The number of benzene rings is 2. The SMILES string of the molecule is CC1(C)OB(c2ccc(N(c3ccc(Br)cc3)c3ccc(B4OC(C)(C)C(C)(C)O4)cn3)cc2)OC1(C)C. The van der Waals surface area contributed by atoms with E-state index in [0.29, 0.717) is 0 Å². The lowest BCUT2D eigenvalue weighted by Crippen LogP contribution is -2.41. The zero-order valence-corrected chi connectivity index (χ0v) is 25.0. The van der Waals surface area contributed by atoms with Crippen molar-refractivity contribution in [2.24, 2.45) is 0 Å². The molecular formula is C29H35B2BrN2O4. The molecule has 0 saturated carbocycles. The van der Waals surface area contributed by atoms with Gasteiger partial charge in [0.15, 0.2) is 0 Å². The van der Waals surface area contributed by atoms with Crippen LogP contribution in [0.15, 0.2) is 71.3 Å². The molecule has 1 aromatic heterocycles. The largest absolute Gasteiger partial charge is 0.496 e. The summed E-state index contributed by atoms with van der Waals surface area (Å²) in [7, 11) is -0.866. The Balaban J connectivity index is 1.44. The zero-order chi connectivity index (χ0) is 27.5. The maximum atomic E-state index is 6.25. The highest BCUT2D eigenvalue weighted by molar-refractivity contribution is 9.10. The summed E-state index contributed by atoms with van der Waals surface area (Å²) in [5, 5.41) is 0. The summed E-state index contributed by atoms with van der Waals surface area (Å²) in [5.74, 6) is 0.788. The van der Waals surface area contributed by atoms with Crippen molar-refractivity contribution in [1.29, 1.82) is 0 Å². The van der Waals surface area contributed by atoms with Crippen LogP contribution < -0.4 is 15.8 Å². The molecule has 3 heterocycles. The lowest BCUT2D eigenvalue weighted by molar-refractivity contribution is 0.00578. The van der Waals surface area contributed by atoms with Gasteiger partial charge in [-0.25, -0.2) is 4.98 Å². The minimum absolute atomic E-state index is 0.386. The Bertz CT molecular complexity index is 1180. The van der Waals surface area contributed by atoms with Gasteiger partial charge >= 0.3 is 14.2 Å². The number of pyridine rings is 1. The Kier molecular flexibility index (Phi) is 6.84. The summed E-state index contributed by atoms with van der Waals surface area (Å²) in [4.78, 5) is 6.96. The minimum Gasteiger partial charge on any atom is -0.399 e. The molecule has 3 aromatic rings. The molecule has 2 fully saturated rings. The van der Waals surface area contributed by atoms with Crippen LogP contribution in [0.3, 0.4) is 0 Å². The first kappa shape index (κ1) is 27.4. The topological polar surface area (TPSA) is 53.1 Å². The summed E-state index contributed by atoms with van der Waals surface area (Å²) in [6, 6.07) is 20.5. The van der Waals surface area contributed by atoms with Crippen molar-refractivity contribution in [3.63, 3.8) is 0 Å². The van der Waals surface area contributed by atoms with Gasteiger partial charge in [0.25, 0.3) is 0 Å². The van der Waals surface area contributed by atoms with Crippen LogP contribution in [0.5, 0.6) is 0 Å². The second-order valence-corrected chi connectivity index (χ2v) is 12.9. The van der Waals surface area contributed by atoms with E-state index in [4.69, 9.17) is 23.6 Å². The Hall–Kier alpha value is -2.16. The minimum atomic E-state index is -0.457. The van der Waals surface area contributed by atoms with Crippen LogP contribution in [-0.4, -0.2) is 41.6 Å². The first-order valence-electron chi connectivity index (χ1n) is 13.0. The molecule has 9 heteroatoms. The molecule has 0 amide bonds. The van der Waals surface area contributed by atoms with E-state index < -0.39 is 25.4 Å². The quantitative estimate of drug-likeness (QED) is 0.352. The fourth-order valence-corrected chi connectivity index (χ4v) is 4.68. The van der Waals surface area contributed by atoms with E-state index in [2.05, 4.69) is 113 Å². The molecule has 198 valence electrons. The van der Waals surface area contributed by atoms with E-state index in [1.807, 2.05) is 30.5 Å². The van der Waals surface area contributed by atoms with Gasteiger partial charge in [0.1, 0.15) is 5.82 Å². The highest BCUT2D eigenvalue weighted by Gasteiger charge is 2.52. The molecule has 0 aliphatic carbocycles. The molecule has 0 spiro atoms. The van der Waals surface area contributed by atoms with Crippen molar-refractivity contribution in [3.8, 4) is 0 Å². The maximum absolute atomic E-state index is 6.25. The standard InChI is InChI=1S/C29H35B2BrN2O4/c1-26(2)27(3,4)36-30(35-26)20-9-14-23(15-10-20)34(24-16-12-22(32)13-17-24)25-18-11-21(19-33-25)31-37-28(5,6)29(7,8)38-31/h9-19H,1-8H3. The first-order chi connectivity index (χ1) is 17.7. The van der Waals surface area contributed by atoms with Gasteiger partial charge in [-0.3, -0.25) is 4.90 Å². The molecule has 2 saturated heterocycles. The highest BCUT2D eigenvalue weighted by atomic mass is 79.9. The van der Waals surface area contributed by atoms with Crippen molar-refractivity contribution in [2.45, 2.75) is 77.8 Å². The number of anilines is 3. The number of aromatic nitrogens is 1. The fourth-order valence-electron chi connectivity index (χ4n) is 4.41. The zero-order valence-electron chi connectivity index (χ0n) is 23.4. The molecular weight excluding hydrogens is 542 g/mol. The van der Waals surface area contributed by atoms with Gasteiger partial charge in [0.2, 0.25) is 0 Å². The highest BCUT2D eigenvalue weighted by Crippen LogP contribution is 2.38. The van der Waals surface area contributed by atoms with Gasteiger partial charge in [-0.2, -0.15) is 0 Å². The Morgan fingerprint density at radius 1 is 0.579 bits per heavy atom. The molecule has 0 bridgehead atoms.